The van der Waals surface area contributed by atoms with Gasteiger partial charge in [0.25, 0.3) is 0 Å². The van der Waals surface area contributed by atoms with Crippen molar-refractivity contribution in [1.82, 2.24) is 4.90 Å². The van der Waals surface area contributed by atoms with Gasteiger partial charge in [-0.15, -0.1) is 0 Å². The molecule has 2 unspecified atom stereocenters. The molecule has 0 fully saturated rings. The van der Waals surface area contributed by atoms with Crippen molar-refractivity contribution in [2.45, 2.75) is 12.1 Å². The van der Waals surface area contributed by atoms with E-state index in [9.17, 15) is 9.59 Å². The molecule has 0 aromatic heterocycles. The zero-order chi connectivity index (χ0) is 9.72. The molecule has 0 aliphatic heterocycles. The lowest BCUT2D eigenvalue weighted by atomic mass is 10.1. The van der Waals surface area contributed by atoms with E-state index in [0.717, 1.165) is 0 Å². The van der Waals surface area contributed by atoms with E-state index >= 15 is 0 Å². The molecule has 0 saturated carbocycles. The second-order valence-corrected chi connectivity index (χ2v) is 2.64. The Morgan fingerprint density at radius 3 is 2.33 bits per heavy atom. The standard InChI is InChI=1S/C7H14N2O3/c1-9(2)5(4-10)6(8)7(11)12-3/h4-6H,8H2,1-3H3. The summed E-state index contributed by atoms with van der Waals surface area (Å²) in [6.45, 7) is 0. The summed E-state index contributed by atoms with van der Waals surface area (Å²) in [6.07, 6.45) is 0.627. The summed E-state index contributed by atoms with van der Waals surface area (Å²) in [5, 5.41) is 0. The first-order valence-corrected chi connectivity index (χ1v) is 3.49. The monoisotopic (exact) mass is 174 g/mol. The number of hydrogen-bond donors (Lipinski definition) is 1. The molecule has 0 saturated heterocycles. The van der Waals surface area contributed by atoms with Crippen LogP contribution in [-0.2, 0) is 14.3 Å². The minimum Gasteiger partial charge on any atom is -0.468 e. The van der Waals surface area contributed by atoms with Gasteiger partial charge in [-0.2, -0.15) is 0 Å². The van der Waals surface area contributed by atoms with Crippen LogP contribution in [0.3, 0.4) is 0 Å². The zero-order valence-corrected chi connectivity index (χ0v) is 7.48. The highest BCUT2D eigenvalue weighted by molar-refractivity contribution is 5.81. The molecule has 2 atom stereocenters. The lowest BCUT2D eigenvalue weighted by molar-refractivity contribution is -0.144. The van der Waals surface area contributed by atoms with E-state index in [2.05, 4.69) is 4.74 Å². The Morgan fingerprint density at radius 2 is 2.08 bits per heavy atom. The molecule has 0 heterocycles. The Morgan fingerprint density at radius 1 is 1.58 bits per heavy atom. The van der Waals surface area contributed by atoms with Crippen molar-refractivity contribution in [3.63, 3.8) is 0 Å². The van der Waals surface area contributed by atoms with E-state index in [4.69, 9.17) is 5.73 Å². The van der Waals surface area contributed by atoms with Gasteiger partial charge in [0.1, 0.15) is 12.3 Å². The Hall–Kier alpha value is -0.940. The summed E-state index contributed by atoms with van der Waals surface area (Å²) in [7, 11) is 4.57. The highest BCUT2D eigenvalue weighted by Crippen LogP contribution is 1.96. The first-order chi connectivity index (χ1) is 5.54. The normalized spacial score (nSPS) is 15.4. The van der Waals surface area contributed by atoms with Gasteiger partial charge in [-0.25, -0.2) is 0 Å². The third kappa shape index (κ3) is 2.60. The fraction of sp³-hybridized carbons (Fsp3) is 0.714. The van der Waals surface area contributed by atoms with Gasteiger partial charge in [0.2, 0.25) is 0 Å². The molecule has 0 bridgehead atoms. The van der Waals surface area contributed by atoms with E-state index in [-0.39, 0.29) is 0 Å². The van der Waals surface area contributed by atoms with Crippen LogP contribution in [0.4, 0.5) is 0 Å². The van der Waals surface area contributed by atoms with Crippen molar-refractivity contribution in [3.05, 3.63) is 0 Å². The molecule has 2 N–H and O–H groups in total. The molecule has 12 heavy (non-hydrogen) atoms. The van der Waals surface area contributed by atoms with Crippen molar-refractivity contribution in [1.29, 1.82) is 0 Å². The van der Waals surface area contributed by atoms with Crippen molar-refractivity contribution >= 4 is 12.3 Å². The molecule has 0 aromatic rings. The van der Waals surface area contributed by atoms with E-state index in [1.165, 1.54) is 7.11 Å². The average Bonchev–Trinajstić information content (AvgIpc) is 2.03. The SMILES string of the molecule is COC(=O)C(N)C(C=O)N(C)C. The third-order valence-electron chi connectivity index (χ3n) is 1.58. The van der Waals surface area contributed by atoms with E-state index in [0.29, 0.717) is 6.29 Å². The van der Waals surface area contributed by atoms with Crippen LogP contribution in [0.5, 0.6) is 0 Å². The van der Waals surface area contributed by atoms with Crippen LogP contribution < -0.4 is 5.73 Å². The first-order valence-electron chi connectivity index (χ1n) is 3.49. The summed E-state index contributed by atoms with van der Waals surface area (Å²) < 4.78 is 4.40. The van der Waals surface area contributed by atoms with Gasteiger partial charge >= 0.3 is 5.97 Å². The number of nitrogens with zero attached hydrogens (tertiary/aromatic N) is 1. The largest absolute Gasteiger partial charge is 0.468 e. The Kier molecular flexibility index (Phi) is 4.46. The maximum Gasteiger partial charge on any atom is 0.324 e. The van der Waals surface area contributed by atoms with Crippen LogP contribution >= 0.6 is 0 Å². The highest BCUT2D eigenvalue weighted by Gasteiger charge is 2.26. The minimum absolute atomic E-state index is 0.583. The van der Waals surface area contributed by atoms with E-state index < -0.39 is 18.1 Å². The van der Waals surface area contributed by atoms with Crippen molar-refractivity contribution in [2.75, 3.05) is 21.2 Å². The first kappa shape index (κ1) is 11.1. The number of aldehydes is 1. The Bertz CT molecular complexity index is 170. The van der Waals surface area contributed by atoms with Crippen LogP contribution in [0.15, 0.2) is 0 Å². The van der Waals surface area contributed by atoms with Crippen molar-refractivity contribution in [3.8, 4) is 0 Å². The smallest absolute Gasteiger partial charge is 0.324 e. The van der Waals surface area contributed by atoms with Crippen molar-refractivity contribution in [2.24, 2.45) is 5.73 Å². The molecular weight excluding hydrogens is 160 g/mol. The van der Waals surface area contributed by atoms with Crippen LogP contribution in [0.2, 0.25) is 0 Å². The number of hydrogen-bond acceptors (Lipinski definition) is 5. The summed E-state index contributed by atoms with van der Waals surface area (Å²) >= 11 is 0. The lowest BCUT2D eigenvalue weighted by Gasteiger charge is -2.22. The predicted molar refractivity (Wildman–Crippen MR) is 43.5 cm³/mol. The van der Waals surface area contributed by atoms with Crippen LogP contribution in [0.25, 0.3) is 0 Å². The fourth-order valence-electron chi connectivity index (χ4n) is 0.803. The van der Waals surface area contributed by atoms with E-state index in [1.807, 2.05) is 0 Å². The predicted octanol–water partition coefficient (Wildman–Crippen LogP) is -1.38. The third-order valence-corrected chi connectivity index (χ3v) is 1.58. The molecule has 0 rings (SSSR count). The maximum absolute atomic E-state index is 10.9. The molecule has 0 aromatic carbocycles. The molecule has 70 valence electrons. The van der Waals surface area contributed by atoms with Gasteiger partial charge in [0, 0.05) is 0 Å². The lowest BCUT2D eigenvalue weighted by Crippen LogP contribution is -2.50. The zero-order valence-electron chi connectivity index (χ0n) is 7.48. The fourth-order valence-corrected chi connectivity index (χ4v) is 0.803. The number of carbonyl (C=O) groups is 2. The highest BCUT2D eigenvalue weighted by atomic mass is 16.5. The molecule has 0 spiro atoms. The van der Waals surface area contributed by atoms with Crippen LogP contribution in [0.1, 0.15) is 0 Å². The Balaban J connectivity index is 4.30. The Labute approximate surface area is 71.5 Å². The van der Waals surface area contributed by atoms with Gasteiger partial charge in [0.15, 0.2) is 0 Å². The minimum atomic E-state index is -0.914. The molecule has 0 radical (unpaired) electrons. The molecule has 0 aliphatic carbocycles. The maximum atomic E-state index is 10.9. The number of rotatable bonds is 4. The van der Waals surface area contributed by atoms with Gasteiger partial charge < -0.3 is 15.3 Å². The van der Waals surface area contributed by atoms with Gasteiger partial charge in [-0.1, -0.05) is 0 Å². The van der Waals surface area contributed by atoms with E-state index in [1.54, 1.807) is 19.0 Å². The summed E-state index contributed by atoms with van der Waals surface area (Å²) in [5.74, 6) is -0.583. The average molecular weight is 174 g/mol. The number of nitrogens with two attached hydrogens (primary N) is 1. The second kappa shape index (κ2) is 4.84. The number of carbonyl (C=O) groups excluding carboxylic acids is 2. The van der Waals surface area contributed by atoms with Crippen molar-refractivity contribution < 1.29 is 14.3 Å². The molecule has 0 amide bonds. The second-order valence-electron chi connectivity index (χ2n) is 2.64. The number of likely N-dealkylation sites (N-methyl/N-ethyl adjacent to an activating group) is 1. The summed E-state index contributed by atoms with van der Waals surface area (Å²) in [5.41, 5.74) is 5.44. The van der Waals surface area contributed by atoms with Gasteiger partial charge in [0.05, 0.1) is 13.2 Å². The number of methoxy groups -OCH3 is 1. The number of esters is 1. The number of ether oxygens (including phenoxy) is 1. The quantitative estimate of drug-likeness (QED) is 0.420. The topological polar surface area (TPSA) is 72.6 Å². The molecular formula is C7H14N2O3. The summed E-state index contributed by atoms with van der Waals surface area (Å²) in [4.78, 5) is 22.9. The van der Waals surface area contributed by atoms with Gasteiger partial charge in [-0.05, 0) is 14.1 Å². The molecule has 5 heteroatoms. The van der Waals surface area contributed by atoms with Gasteiger partial charge in [-0.3, -0.25) is 9.69 Å². The van der Waals surface area contributed by atoms with Crippen LogP contribution in [0, 0.1) is 0 Å². The summed E-state index contributed by atoms with van der Waals surface area (Å²) in [6, 6.07) is -1.54. The van der Waals surface area contributed by atoms with Crippen LogP contribution in [-0.4, -0.2) is 50.4 Å². The molecule has 5 nitrogen and oxygen atoms in total. The molecule has 0 aliphatic rings.